The monoisotopic (exact) mass is 395 g/mol. The van der Waals surface area contributed by atoms with Crippen LogP contribution in [0.3, 0.4) is 0 Å². The smallest absolute Gasteiger partial charge is 0.156 e. The molecule has 0 aliphatic rings. The van der Waals surface area contributed by atoms with Gasteiger partial charge in [0.1, 0.15) is 5.69 Å². The fraction of sp³-hybridized carbons (Fsp3) is 0.0667. The second kappa shape index (κ2) is 5.54. The van der Waals surface area contributed by atoms with E-state index in [-0.39, 0.29) is 0 Å². The van der Waals surface area contributed by atoms with Gasteiger partial charge in [-0.25, -0.2) is 9.97 Å². The van der Waals surface area contributed by atoms with Crippen molar-refractivity contribution in [2.45, 2.75) is 6.92 Å². The molecule has 20 heavy (non-hydrogen) atoms. The fourth-order valence-electron chi connectivity index (χ4n) is 2.03. The summed E-state index contributed by atoms with van der Waals surface area (Å²) in [6.45, 7) is 1.98. The van der Waals surface area contributed by atoms with Crippen LogP contribution < -0.4 is 0 Å². The molecule has 0 spiro atoms. The van der Waals surface area contributed by atoms with Crippen LogP contribution in [-0.2, 0) is 0 Å². The molecule has 100 valence electrons. The lowest BCUT2D eigenvalue weighted by Gasteiger charge is -2.06. The van der Waals surface area contributed by atoms with Crippen molar-refractivity contribution in [3.8, 4) is 22.6 Å². The van der Waals surface area contributed by atoms with Crippen LogP contribution in [0.5, 0.6) is 0 Å². The maximum absolute atomic E-state index is 5.93. The number of H-pyrrole nitrogens is 1. The molecule has 0 radical (unpaired) electrons. The fourth-order valence-corrected chi connectivity index (χ4v) is 2.55. The first-order chi connectivity index (χ1) is 9.61. The second-order valence-electron chi connectivity index (χ2n) is 4.47. The van der Waals surface area contributed by atoms with Crippen LogP contribution in [-0.4, -0.2) is 15.0 Å². The van der Waals surface area contributed by atoms with Crippen LogP contribution in [0.2, 0.25) is 5.02 Å². The molecule has 3 aromatic rings. The Morgan fingerprint density at radius 3 is 2.50 bits per heavy atom. The van der Waals surface area contributed by atoms with Crippen molar-refractivity contribution in [2.75, 3.05) is 0 Å². The average Bonchev–Trinajstić information content (AvgIpc) is 2.85. The van der Waals surface area contributed by atoms with Crippen LogP contribution in [0.1, 0.15) is 5.69 Å². The molecule has 0 aliphatic heterocycles. The van der Waals surface area contributed by atoms with E-state index in [0.717, 1.165) is 37.1 Å². The van der Waals surface area contributed by atoms with E-state index in [2.05, 4.69) is 43.6 Å². The van der Waals surface area contributed by atoms with E-state index in [0.29, 0.717) is 0 Å². The van der Waals surface area contributed by atoms with Crippen LogP contribution >= 0.6 is 34.2 Å². The lowest BCUT2D eigenvalue weighted by atomic mass is 10.0. The van der Waals surface area contributed by atoms with Gasteiger partial charge in [-0.1, -0.05) is 23.7 Å². The van der Waals surface area contributed by atoms with E-state index in [4.69, 9.17) is 11.6 Å². The number of hydrogen-bond acceptors (Lipinski definition) is 2. The van der Waals surface area contributed by atoms with Crippen molar-refractivity contribution in [3.05, 3.63) is 57.0 Å². The van der Waals surface area contributed by atoms with E-state index in [1.54, 1.807) is 6.20 Å². The van der Waals surface area contributed by atoms with Crippen molar-refractivity contribution >= 4 is 34.2 Å². The molecular weight excluding hydrogens is 385 g/mol. The number of nitrogens with one attached hydrogen (secondary N) is 1. The van der Waals surface area contributed by atoms with Gasteiger partial charge in [-0.05, 0) is 64.9 Å². The van der Waals surface area contributed by atoms with E-state index < -0.39 is 0 Å². The maximum atomic E-state index is 5.93. The highest BCUT2D eigenvalue weighted by atomic mass is 127. The second-order valence-corrected chi connectivity index (χ2v) is 6.07. The molecule has 0 amide bonds. The lowest BCUT2D eigenvalue weighted by Crippen LogP contribution is -1.91. The Morgan fingerprint density at radius 1 is 1.10 bits per heavy atom. The van der Waals surface area contributed by atoms with Crippen molar-refractivity contribution in [2.24, 2.45) is 0 Å². The predicted molar refractivity (Wildman–Crippen MR) is 89.7 cm³/mol. The summed E-state index contributed by atoms with van der Waals surface area (Å²) in [7, 11) is 0. The van der Waals surface area contributed by atoms with E-state index in [1.165, 1.54) is 0 Å². The number of rotatable bonds is 2. The molecule has 1 aromatic carbocycles. The third-order valence-electron chi connectivity index (χ3n) is 2.92. The summed E-state index contributed by atoms with van der Waals surface area (Å²) in [5, 5.41) is 0.736. The molecule has 0 atom stereocenters. The topological polar surface area (TPSA) is 41.6 Å². The van der Waals surface area contributed by atoms with Crippen molar-refractivity contribution in [1.29, 1.82) is 0 Å². The van der Waals surface area contributed by atoms with E-state index >= 15 is 0 Å². The Morgan fingerprint density at radius 2 is 1.85 bits per heavy atom. The molecule has 0 saturated carbocycles. The molecule has 5 heteroatoms. The Bertz CT molecular complexity index is 750. The Labute approximate surface area is 135 Å². The first-order valence-corrected chi connectivity index (χ1v) is 7.53. The number of aromatic amines is 1. The number of pyridine rings is 1. The molecule has 2 aromatic heterocycles. The van der Waals surface area contributed by atoms with Crippen LogP contribution in [0, 0.1) is 10.6 Å². The quantitative estimate of drug-likeness (QED) is 0.639. The lowest BCUT2D eigenvalue weighted by molar-refractivity contribution is 1.16. The third kappa shape index (κ3) is 2.86. The number of nitrogens with zero attached hydrogens (tertiary/aromatic N) is 2. The van der Waals surface area contributed by atoms with Gasteiger partial charge in [-0.2, -0.15) is 0 Å². The van der Waals surface area contributed by atoms with Crippen LogP contribution in [0.15, 0.2) is 42.6 Å². The summed E-state index contributed by atoms with van der Waals surface area (Å²) in [5.41, 5.74) is 4.02. The van der Waals surface area contributed by atoms with Gasteiger partial charge in [0, 0.05) is 10.7 Å². The van der Waals surface area contributed by atoms with Gasteiger partial charge in [0.15, 0.2) is 5.82 Å². The normalized spacial score (nSPS) is 10.8. The molecule has 3 rings (SSSR count). The minimum atomic E-state index is 0.736. The van der Waals surface area contributed by atoms with Crippen LogP contribution in [0.4, 0.5) is 0 Å². The Kier molecular flexibility index (Phi) is 3.76. The minimum Gasteiger partial charge on any atom is -0.332 e. The summed E-state index contributed by atoms with van der Waals surface area (Å²) >= 11 is 8.13. The van der Waals surface area contributed by atoms with Gasteiger partial charge in [0.25, 0.3) is 0 Å². The van der Waals surface area contributed by atoms with E-state index in [9.17, 15) is 0 Å². The van der Waals surface area contributed by atoms with Gasteiger partial charge >= 0.3 is 0 Å². The molecule has 3 nitrogen and oxygen atoms in total. The molecule has 0 saturated heterocycles. The predicted octanol–water partition coefficient (Wildman–Crippen LogP) is 4.71. The van der Waals surface area contributed by atoms with Gasteiger partial charge < -0.3 is 4.98 Å². The summed E-state index contributed by atoms with van der Waals surface area (Å²) in [5.74, 6) is 0.785. The zero-order valence-electron chi connectivity index (χ0n) is 10.7. The Balaban J connectivity index is 2.09. The summed E-state index contributed by atoms with van der Waals surface area (Å²) < 4.78 is 0.994. The van der Waals surface area contributed by atoms with Crippen molar-refractivity contribution in [3.63, 3.8) is 0 Å². The number of imidazole rings is 1. The number of benzene rings is 1. The zero-order chi connectivity index (χ0) is 14.1. The highest BCUT2D eigenvalue weighted by Gasteiger charge is 2.08. The summed E-state index contributed by atoms with van der Waals surface area (Å²) in [6, 6.07) is 11.9. The SMILES string of the molecule is Cc1cc(-c2ccc(Cl)cc2)cc(-c2ncc(I)[nH]2)n1. The molecule has 0 fully saturated rings. The van der Waals surface area contributed by atoms with E-state index in [1.807, 2.05) is 37.3 Å². The molecular formula is C15H11ClIN3. The van der Waals surface area contributed by atoms with Crippen LogP contribution in [0.25, 0.3) is 22.6 Å². The first-order valence-electron chi connectivity index (χ1n) is 6.07. The number of aryl methyl sites for hydroxylation is 1. The van der Waals surface area contributed by atoms with Crippen molar-refractivity contribution < 1.29 is 0 Å². The summed E-state index contributed by atoms with van der Waals surface area (Å²) in [4.78, 5) is 12.1. The molecule has 0 bridgehead atoms. The zero-order valence-corrected chi connectivity index (χ0v) is 13.6. The standard InChI is InChI=1S/C15H11ClIN3/c1-9-6-11(10-2-4-12(16)5-3-10)7-13(19-9)15-18-8-14(17)20-15/h2-8H,1H3,(H,18,20). The number of aromatic nitrogens is 3. The number of halogens is 2. The Hall–Kier alpha value is -1.40. The van der Waals surface area contributed by atoms with Gasteiger partial charge in [-0.15, -0.1) is 0 Å². The van der Waals surface area contributed by atoms with Gasteiger partial charge in [0.05, 0.1) is 9.90 Å². The summed E-state index contributed by atoms with van der Waals surface area (Å²) in [6.07, 6.45) is 1.79. The highest BCUT2D eigenvalue weighted by molar-refractivity contribution is 14.1. The molecule has 0 aliphatic carbocycles. The minimum absolute atomic E-state index is 0.736. The number of hydrogen-bond donors (Lipinski definition) is 1. The highest BCUT2D eigenvalue weighted by Crippen LogP contribution is 2.26. The van der Waals surface area contributed by atoms with Crippen molar-refractivity contribution in [1.82, 2.24) is 15.0 Å². The average molecular weight is 396 g/mol. The third-order valence-corrected chi connectivity index (χ3v) is 3.72. The first kappa shape index (κ1) is 13.6. The molecule has 2 heterocycles. The van der Waals surface area contributed by atoms with Gasteiger partial charge in [-0.3, -0.25) is 0 Å². The maximum Gasteiger partial charge on any atom is 0.156 e. The van der Waals surface area contributed by atoms with Gasteiger partial charge in [0.2, 0.25) is 0 Å². The largest absolute Gasteiger partial charge is 0.332 e. The molecule has 1 N–H and O–H groups in total. The molecule has 0 unspecified atom stereocenters.